The SMILES string of the molecule is CCCCCC(O)/C=C/C1C(O)CC(C)(C)C1C/C=C/CCCC(=O)O. The van der Waals surface area contributed by atoms with Crippen LogP contribution in [0.3, 0.4) is 0 Å². The lowest BCUT2D eigenvalue weighted by Crippen LogP contribution is -2.22. The Bertz CT molecular complexity index is 467. The number of hydrogen-bond acceptors (Lipinski definition) is 3. The molecule has 4 unspecified atom stereocenters. The normalized spacial score (nSPS) is 26.7. The molecule has 0 aromatic heterocycles. The Morgan fingerprint density at radius 2 is 1.96 bits per heavy atom. The van der Waals surface area contributed by atoms with E-state index in [1.54, 1.807) is 0 Å². The topological polar surface area (TPSA) is 77.8 Å². The van der Waals surface area contributed by atoms with Gasteiger partial charge >= 0.3 is 5.97 Å². The lowest BCUT2D eigenvalue weighted by atomic mass is 9.76. The summed E-state index contributed by atoms with van der Waals surface area (Å²) >= 11 is 0. The molecule has 150 valence electrons. The highest BCUT2D eigenvalue weighted by atomic mass is 16.4. The van der Waals surface area contributed by atoms with Crippen molar-refractivity contribution in [2.45, 2.75) is 90.8 Å². The summed E-state index contributed by atoms with van der Waals surface area (Å²) in [5.74, 6) is -0.358. The van der Waals surface area contributed by atoms with Crippen LogP contribution in [0.4, 0.5) is 0 Å². The molecule has 4 heteroatoms. The van der Waals surface area contributed by atoms with Gasteiger partial charge in [-0.3, -0.25) is 4.79 Å². The standard InChI is InChI=1S/C22H38O4/c1-4-5-8-11-17(23)14-15-18-19(22(2,3)16-20(18)24)12-9-6-7-10-13-21(25)26/h6,9,14-15,17-20,23-24H,4-5,7-8,10-13,16H2,1-3H3,(H,25,26)/b9-6+,15-14+. The van der Waals surface area contributed by atoms with E-state index in [4.69, 9.17) is 5.11 Å². The first-order valence-corrected chi connectivity index (χ1v) is 10.2. The van der Waals surface area contributed by atoms with Crippen LogP contribution in [-0.4, -0.2) is 33.5 Å². The highest BCUT2D eigenvalue weighted by Crippen LogP contribution is 2.49. The van der Waals surface area contributed by atoms with E-state index >= 15 is 0 Å². The summed E-state index contributed by atoms with van der Waals surface area (Å²) in [6.45, 7) is 6.55. The summed E-state index contributed by atoms with van der Waals surface area (Å²) in [5, 5.41) is 29.3. The van der Waals surface area contributed by atoms with Gasteiger partial charge in [0.15, 0.2) is 0 Å². The molecular weight excluding hydrogens is 328 g/mol. The number of rotatable bonds is 12. The van der Waals surface area contributed by atoms with E-state index in [0.717, 1.165) is 44.9 Å². The Morgan fingerprint density at radius 3 is 2.62 bits per heavy atom. The summed E-state index contributed by atoms with van der Waals surface area (Å²) < 4.78 is 0. The molecule has 1 aliphatic carbocycles. The van der Waals surface area contributed by atoms with Gasteiger partial charge < -0.3 is 15.3 Å². The average Bonchev–Trinajstić information content (AvgIpc) is 2.77. The molecule has 0 radical (unpaired) electrons. The third-order valence-electron chi connectivity index (χ3n) is 5.62. The first kappa shape index (κ1) is 22.9. The van der Waals surface area contributed by atoms with Gasteiger partial charge in [-0.1, -0.05) is 64.3 Å². The zero-order chi connectivity index (χ0) is 19.6. The Hall–Kier alpha value is -1.13. The minimum absolute atomic E-state index is 0.0486. The molecule has 4 atom stereocenters. The molecule has 0 aliphatic heterocycles. The number of aliphatic hydroxyl groups excluding tert-OH is 2. The molecule has 0 spiro atoms. The summed E-state index contributed by atoms with van der Waals surface area (Å²) in [6.07, 6.45) is 14.7. The summed E-state index contributed by atoms with van der Waals surface area (Å²) in [5.41, 5.74) is 0.0486. The van der Waals surface area contributed by atoms with Crippen LogP contribution in [0.25, 0.3) is 0 Å². The molecule has 4 nitrogen and oxygen atoms in total. The van der Waals surface area contributed by atoms with Crippen molar-refractivity contribution in [2.24, 2.45) is 17.3 Å². The van der Waals surface area contributed by atoms with E-state index < -0.39 is 12.1 Å². The van der Waals surface area contributed by atoms with Crippen molar-refractivity contribution in [3.05, 3.63) is 24.3 Å². The van der Waals surface area contributed by atoms with Crippen LogP contribution in [0.1, 0.15) is 78.6 Å². The lowest BCUT2D eigenvalue weighted by molar-refractivity contribution is -0.137. The molecule has 26 heavy (non-hydrogen) atoms. The lowest BCUT2D eigenvalue weighted by Gasteiger charge is -2.28. The molecule has 0 aromatic rings. The van der Waals surface area contributed by atoms with Crippen molar-refractivity contribution in [3.63, 3.8) is 0 Å². The molecule has 1 saturated carbocycles. The van der Waals surface area contributed by atoms with Crippen LogP contribution in [0.5, 0.6) is 0 Å². The zero-order valence-electron chi connectivity index (χ0n) is 16.7. The number of carbonyl (C=O) groups is 1. The van der Waals surface area contributed by atoms with E-state index in [-0.39, 0.29) is 23.9 Å². The largest absolute Gasteiger partial charge is 0.481 e. The first-order chi connectivity index (χ1) is 12.3. The monoisotopic (exact) mass is 366 g/mol. The molecule has 0 saturated heterocycles. The second-order valence-electron chi connectivity index (χ2n) is 8.38. The van der Waals surface area contributed by atoms with Crippen molar-refractivity contribution in [1.29, 1.82) is 0 Å². The van der Waals surface area contributed by atoms with Crippen LogP contribution < -0.4 is 0 Å². The molecule has 1 aliphatic rings. The van der Waals surface area contributed by atoms with Crippen molar-refractivity contribution >= 4 is 5.97 Å². The Kier molecular flexibility index (Phi) is 10.2. The fraction of sp³-hybridized carbons (Fsp3) is 0.773. The number of carboxylic acids is 1. The number of unbranched alkanes of at least 4 members (excludes halogenated alkanes) is 3. The Morgan fingerprint density at radius 1 is 1.23 bits per heavy atom. The molecule has 1 rings (SSSR count). The molecular formula is C22H38O4. The predicted octanol–water partition coefficient (Wildman–Crippen LogP) is 4.71. The van der Waals surface area contributed by atoms with Crippen LogP contribution >= 0.6 is 0 Å². The Labute approximate surface area is 159 Å². The maximum atomic E-state index is 10.5. The van der Waals surface area contributed by atoms with Crippen molar-refractivity contribution < 1.29 is 20.1 Å². The smallest absolute Gasteiger partial charge is 0.303 e. The molecule has 0 bridgehead atoms. The third kappa shape index (κ3) is 8.05. The highest BCUT2D eigenvalue weighted by molar-refractivity contribution is 5.66. The second kappa shape index (κ2) is 11.6. The van der Waals surface area contributed by atoms with Gasteiger partial charge in [0, 0.05) is 12.3 Å². The van der Waals surface area contributed by atoms with Gasteiger partial charge in [0.2, 0.25) is 0 Å². The predicted molar refractivity (Wildman–Crippen MR) is 106 cm³/mol. The van der Waals surface area contributed by atoms with E-state index in [1.807, 2.05) is 12.2 Å². The number of hydrogen-bond donors (Lipinski definition) is 3. The fourth-order valence-corrected chi connectivity index (χ4v) is 4.04. The second-order valence-corrected chi connectivity index (χ2v) is 8.38. The quantitative estimate of drug-likeness (QED) is 0.345. The average molecular weight is 367 g/mol. The summed E-state index contributed by atoms with van der Waals surface area (Å²) in [4.78, 5) is 10.5. The van der Waals surface area contributed by atoms with E-state index in [2.05, 4.69) is 32.9 Å². The third-order valence-corrected chi connectivity index (χ3v) is 5.62. The summed E-state index contributed by atoms with van der Waals surface area (Å²) in [7, 11) is 0. The van der Waals surface area contributed by atoms with Crippen molar-refractivity contribution in [2.75, 3.05) is 0 Å². The van der Waals surface area contributed by atoms with Crippen LogP contribution in [0.15, 0.2) is 24.3 Å². The highest BCUT2D eigenvalue weighted by Gasteiger charge is 2.45. The Balaban J connectivity index is 2.58. The van der Waals surface area contributed by atoms with Gasteiger partial charge in [0.05, 0.1) is 12.2 Å². The van der Waals surface area contributed by atoms with E-state index in [9.17, 15) is 15.0 Å². The van der Waals surface area contributed by atoms with Gasteiger partial charge in [-0.25, -0.2) is 0 Å². The van der Waals surface area contributed by atoms with Gasteiger partial charge in [0.25, 0.3) is 0 Å². The molecule has 0 heterocycles. The molecule has 3 N–H and O–H groups in total. The van der Waals surface area contributed by atoms with Gasteiger partial charge in [-0.15, -0.1) is 0 Å². The maximum absolute atomic E-state index is 10.5. The summed E-state index contributed by atoms with van der Waals surface area (Å²) in [6, 6.07) is 0. The number of aliphatic carboxylic acids is 1. The molecule has 1 fully saturated rings. The number of allylic oxidation sites excluding steroid dienone is 2. The first-order valence-electron chi connectivity index (χ1n) is 10.2. The van der Waals surface area contributed by atoms with Gasteiger partial charge in [-0.2, -0.15) is 0 Å². The van der Waals surface area contributed by atoms with Gasteiger partial charge in [0.1, 0.15) is 0 Å². The zero-order valence-corrected chi connectivity index (χ0v) is 16.7. The minimum atomic E-state index is -0.749. The van der Waals surface area contributed by atoms with Crippen molar-refractivity contribution in [3.8, 4) is 0 Å². The molecule has 0 amide bonds. The van der Waals surface area contributed by atoms with Crippen molar-refractivity contribution in [1.82, 2.24) is 0 Å². The van der Waals surface area contributed by atoms with Crippen LogP contribution in [0.2, 0.25) is 0 Å². The van der Waals surface area contributed by atoms with Crippen LogP contribution in [0, 0.1) is 17.3 Å². The number of aliphatic hydroxyl groups is 2. The fourth-order valence-electron chi connectivity index (χ4n) is 4.04. The van der Waals surface area contributed by atoms with E-state index in [0.29, 0.717) is 12.3 Å². The van der Waals surface area contributed by atoms with E-state index in [1.165, 1.54) is 0 Å². The minimum Gasteiger partial charge on any atom is -0.481 e. The van der Waals surface area contributed by atoms with Crippen LogP contribution in [-0.2, 0) is 4.79 Å². The number of carboxylic acid groups (broad SMARTS) is 1. The van der Waals surface area contributed by atoms with Gasteiger partial charge in [-0.05, 0) is 43.4 Å². The molecule has 0 aromatic carbocycles. The maximum Gasteiger partial charge on any atom is 0.303 e.